The Labute approximate surface area is 191 Å². The monoisotopic (exact) mass is 451 g/mol. The zero-order valence-electron chi connectivity index (χ0n) is 18.4. The van der Waals surface area contributed by atoms with Crippen molar-refractivity contribution in [2.75, 3.05) is 22.1 Å². The van der Waals surface area contributed by atoms with Gasteiger partial charge in [0.2, 0.25) is 0 Å². The number of primary amides is 1. The van der Waals surface area contributed by atoms with Crippen LogP contribution in [0.2, 0.25) is 0 Å². The maximum absolute atomic E-state index is 13.5. The molecule has 0 radical (unpaired) electrons. The fourth-order valence-corrected chi connectivity index (χ4v) is 4.26. The number of benzene rings is 2. The smallest absolute Gasteiger partial charge is 0.252 e. The molecule has 1 atom stereocenters. The second kappa shape index (κ2) is 9.85. The molecule has 172 valence electrons. The molecule has 2 heterocycles. The maximum Gasteiger partial charge on any atom is 0.252 e. The second-order valence-electron chi connectivity index (χ2n) is 8.18. The zero-order chi connectivity index (χ0) is 23.4. The van der Waals surface area contributed by atoms with Crippen LogP contribution in [-0.2, 0) is 6.54 Å². The Morgan fingerprint density at radius 2 is 1.88 bits per heavy atom. The summed E-state index contributed by atoms with van der Waals surface area (Å²) in [5.41, 5.74) is 8.53. The first kappa shape index (κ1) is 22.5. The largest absolute Gasteiger partial charge is 0.380 e. The molecule has 8 heteroatoms. The number of halogens is 2. The van der Waals surface area contributed by atoms with Crippen molar-refractivity contribution < 1.29 is 13.6 Å². The summed E-state index contributed by atoms with van der Waals surface area (Å²) in [4.78, 5) is 18.6. The number of nitrogens with two attached hydrogens (primary N) is 1. The van der Waals surface area contributed by atoms with Gasteiger partial charge in [0.05, 0.1) is 11.3 Å². The van der Waals surface area contributed by atoms with Crippen molar-refractivity contribution in [2.24, 2.45) is 5.73 Å². The van der Waals surface area contributed by atoms with E-state index < -0.39 is 17.5 Å². The molecule has 4 N–H and O–H groups in total. The highest BCUT2D eigenvalue weighted by molar-refractivity contribution is 5.98. The second-order valence-corrected chi connectivity index (χ2v) is 8.18. The first-order valence-corrected chi connectivity index (χ1v) is 11.1. The van der Waals surface area contributed by atoms with Crippen LogP contribution in [0.1, 0.15) is 42.1 Å². The highest BCUT2D eigenvalue weighted by Gasteiger charge is 2.22. The van der Waals surface area contributed by atoms with E-state index >= 15 is 0 Å². The zero-order valence-corrected chi connectivity index (χ0v) is 18.4. The van der Waals surface area contributed by atoms with Gasteiger partial charge in [-0.25, -0.2) is 13.8 Å². The molecule has 3 aromatic rings. The Morgan fingerprint density at radius 3 is 2.55 bits per heavy atom. The third-order valence-corrected chi connectivity index (χ3v) is 5.89. The summed E-state index contributed by atoms with van der Waals surface area (Å²) in [5.74, 6) is -1.47. The van der Waals surface area contributed by atoms with Gasteiger partial charge < -0.3 is 21.3 Å². The van der Waals surface area contributed by atoms with Crippen molar-refractivity contribution >= 4 is 28.8 Å². The maximum atomic E-state index is 13.5. The predicted molar refractivity (Wildman–Crippen MR) is 127 cm³/mol. The number of amides is 1. The van der Waals surface area contributed by atoms with E-state index in [-0.39, 0.29) is 12.1 Å². The van der Waals surface area contributed by atoms with Crippen LogP contribution in [0.3, 0.4) is 0 Å². The van der Waals surface area contributed by atoms with Gasteiger partial charge in [-0.1, -0.05) is 6.92 Å². The van der Waals surface area contributed by atoms with E-state index in [1.165, 1.54) is 36.9 Å². The van der Waals surface area contributed by atoms with Crippen LogP contribution in [0.15, 0.2) is 54.7 Å². The van der Waals surface area contributed by atoms with Crippen LogP contribution in [0.5, 0.6) is 0 Å². The topological polar surface area (TPSA) is 83.3 Å². The molecule has 0 unspecified atom stereocenters. The van der Waals surface area contributed by atoms with Gasteiger partial charge in [-0.05, 0) is 61.2 Å². The molecule has 0 saturated carbocycles. The van der Waals surface area contributed by atoms with Crippen molar-refractivity contribution in [3.05, 3.63) is 77.5 Å². The molecule has 1 amide bonds. The quantitative estimate of drug-likeness (QED) is 0.439. The minimum Gasteiger partial charge on any atom is -0.380 e. The van der Waals surface area contributed by atoms with Gasteiger partial charge >= 0.3 is 0 Å². The number of rotatable bonds is 8. The molecular formula is C25H27F2N5O. The van der Waals surface area contributed by atoms with Crippen LogP contribution < -0.4 is 21.3 Å². The Hall–Kier alpha value is -3.68. The molecule has 0 spiro atoms. The summed E-state index contributed by atoms with van der Waals surface area (Å²) >= 11 is 0. The van der Waals surface area contributed by atoms with Crippen molar-refractivity contribution in [3.8, 4) is 0 Å². The number of anilines is 4. The number of carbonyl (C=O) groups is 1. The Kier molecular flexibility index (Phi) is 6.72. The summed E-state index contributed by atoms with van der Waals surface area (Å²) in [6.45, 7) is 3.41. The molecule has 1 fully saturated rings. The lowest BCUT2D eigenvalue weighted by Crippen LogP contribution is -2.28. The molecule has 1 aliphatic heterocycles. The van der Waals surface area contributed by atoms with Crippen LogP contribution in [-0.4, -0.2) is 23.5 Å². The van der Waals surface area contributed by atoms with E-state index in [2.05, 4.69) is 39.6 Å². The standard InChI is InChI=1S/C25H27F2N5O/c1-2-20-4-3-9-32(20)21-7-5-19(6-8-21)31-24-13-23(22(15-30-24)25(28)33)29-14-16-10-17(26)12-18(27)11-16/h5-8,10-13,15,20H,2-4,9,14H2,1H3,(H2,28,33)(H2,29,30,31)/t20-/m1/s1. The molecule has 33 heavy (non-hydrogen) atoms. The minimum absolute atomic E-state index is 0.113. The van der Waals surface area contributed by atoms with Crippen molar-refractivity contribution in [1.82, 2.24) is 4.98 Å². The number of aromatic nitrogens is 1. The molecule has 2 aromatic carbocycles. The molecule has 1 aliphatic rings. The van der Waals surface area contributed by atoms with Crippen LogP contribution in [0.4, 0.5) is 31.7 Å². The van der Waals surface area contributed by atoms with Crippen LogP contribution in [0.25, 0.3) is 0 Å². The SMILES string of the molecule is CC[C@@H]1CCCN1c1ccc(Nc2cc(NCc3cc(F)cc(F)c3)c(C(N)=O)cn2)cc1. The average Bonchev–Trinajstić information content (AvgIpc) is 3.26. The third-order valence-electron chi connectivity index (χ3n) is 5.89. The summed E-state index contributed by atoms with van der Waals surface area (Å²) < 4.78 is 26.9. The lowest BCUT2D eigenvalue weighted by molar-refractivity contribution is 0.100. The molecule has 0 aliphatic carbocycles. The van der Waals surface area contributed by atoms with Gasteiger partial charge in [0.15, 0.2) is 0 Å². The summed E-state index contributed by atoms with van der Waals surface area (Å²) in [7, 11) is 0. The fourth-order valence-electron chi connectivity index (χ4n) is 4.26. The molecule has 0 bridgehead atoms. The van der Waals surface area contributed by atoms with Gasteiger partial charge in [0, 0.05) is 48.8 Å². The van der Waals surface area contributed by atoms with E-state index in [4.69, 9.17) is 5.73 Å². The number of nitrogens with zero attached hydrogens (tertiary/aromatic N) is 2. The summed E-state index contributed by atoms with van der Waals surface area (Å²) in [6, 6.07) is 13.7. The summed E-state index contributed by atoms with van der Waals surface area (Å²) in [5, 5.41) is 6.26. The first-order valence-electron chi connectivity index (χ1n) is 11.1. The van der Waals surface area contributed by atoms with Gasteiger partial charge in [-0.3, -0.25) is 4.79 Å². The normalized spacial score (nSPS) is 15.5. The van der Waals surface area contributed by atoms with E-state index in [0.29, 0.717) is 23.1 Å². The minimum atomic E-state index is -0.665. The third kappa shape index (κ3) is 5.39. The van der Waals surface area contributed by atoms with Gasteiger partial charge in [-0.2, -0.15) is 0 Å². The van der Waals surface area contributed by atoms with Crippen LogP contribution in [0, 0.1) is 11.6 Å². The van der Waals surface area contributed by atoms with Crippen molar-refractivity contribution in [2.45, 2.75) is 38.8 Å². The van der Waals surface area contributed by atoms with E-state index in [1.807, 2.05) is 12.1 Å². The molecule has 4 rings (SSSR count). The molecule has 1 aromatic heterocycles. The van der Waals surface area contributed by atoms with E-state index in [9.17, 15) is 13.6 Å². The van der Waals surface area contributed by atoms with E-state index in [1.54, 1.807) is 6.07 Å². The predicted octanol–water partition coefficient (Wildman–Crippen LogP) is 5.19. The fraction of sp³-hybridized carbons (Fsp3) is 0.280. The number of hydrogen-bond donors (Lipinski definition) is 3. The lowest BCUT2D eigenvalue weighted by atomic mass is 10.1. The van der Waals surface area contributed by atoms with Gasteiger partial charge in [-0.15, -0.1) is 0 Å². The number of hydrogen-bond acceptors (Lipinski definition) is 5. The molecule has 6 nitrogen and oxygen atoms in total. The molecule has 1 saturated heterocycles. The number of pyridine rings is 1. The summed E-state index contributed by atoms with van der Waals surface area (Å²) in [6.07, 6.45) is 4.95. The van der Waals surface area contributed by atoms with Gasteiger partial charge in [0.25, 0.3) is 5.91 Å². The van der Waals surface area contributed by atoms with Crippen molar-refractivity contribution in [3.63, 3.8) is 0 Å². The first-order chi connectivity index (χ1) is 15.9. The molecular weight excluding hydrogens is 424 g/mol. The lowest BCUT2D eigenvalue weighted by Gasteiger charge is -2.26. The highest BCUT2D eigenvalue weighted by atomic mass is 19.1. The Balaban J connectivity index is 1.49. The van der Waals surface area contributed by atoms with Crippen LogP contribution >= 0.6 is 0 Å². The van der Waals surface area contributed by atoms with E-state index in [0.717, 1.165) is 24.7 Å². The Morgan fingerprint density at radius 1 is 1.15 bits per heavy atom. The average molecular weight is 452 g/mol. The Bertz CT molecular complexity index is 1120. The van der Waals surface area contributed by atoms with Gasteiger partial charge in [0.1, 0.15) is 17.5 Å². The van der Waals surface area contributed by atoms with Crippen molar-refractivity contribution in [1.29, 1.82) is 0 Å². The number of carbonyl (C=O) groups excluding carboxylic acids is 1. The number of nitrogens with one attached hydrogen (secondary N) is 2. The highest BCUT2D eigenvalue weighted by Crippen LogP contribution is 2.29.